The fraction of sp³-hybridized carbons (Fsp3) is 0.536. The summed E-state index contributed by atoms with van der Waals surface area (Å²) in [6.45, 7) is 5.56. The van der Waals surface area contributed by atoms with Gasteiger partial charge >= 0.3 is 0 Å². The third-order valence-electron chi connectivity index (χ3n) is 8.85. The zero-order valence-electron chi connectivity index (χ0n) is 19.7. The normalized spacial score (nSPS) is 28.0. The lowest BCUT2D eigenvalue weighted by atomic mass is 9.78. The molecule has 6 rings (SSSR count). The third-order valence-corrected chi connectivity index (χ3v) is 8.85. The molecule has 0 aromatic heterocycles. The molecule has 2 aromatic carbocycles. The van der Waals surface area contributed by atoms with Crippen LogP contribution in [0.25, 0.3) is 11.1 Å². The fourth-order valence-electron chi connectivity index (χ4n) is 6.76. The molecule has 3 heterocycles. The van der Waals surface area contributed by atoms with E-state index in [9.17, 15) is 9.65 Å². The van der Waals surface area contributed by atoms with Crippen LogP contribution in [0, 0.1) is 22.6 Å². The number of nitriles is 1. The molecule has 1 saturated carbocycles. The first-order valence-corrected chi connectivity index (χ1v) is 12.6. The molecule has 3 saturated heterocycles. The van der Waals surface area contributed by atoms with E-state index in [1.165, 1.54) is 18.1 Å². The Kier molecular flexibility index (Phi) is 5.40. The van der Waals surface area contributed by atoms with Crippen LogP contribution in [-0.4, -0.2) is 49.3 Å². The summed E-state index contributed by atoms with van der Waals surface area (Å²) >= 11 is 0. The van der Waals surface area contributed by atoms with Crippen LogP contribution in [0.3, 0.4) is 0 Å². The maximum Gasteiger partial charge on any atom is 0.141 e. The second-order valence-electron chi connectivity index (χ2n) is 11.1. The molecule has 0 unspecified atom stereocenters. The number of halogens is 1. The average molecular weight is 461 g/mol. The highest BCUT2D eigenvalue weighted by atomic mass is 19.1. The van der Waals surface area contributed by atoms with Gasteiger partial charge in [0.1, 0.15) is 11.9 Å². The van der Waals surface area contributed by atoms with Gasteiger partial charge in [0, 0.05) is 55.6 Å². The van der Waals surface area contributed by atoms with Gasteiger partial charge in [-0.1, -0.05) is 12.1 Å². The molecule has 1 spiro atoms. The Morgan fingerprint density at radius 1 is 1.12 bits per heavy atom. The molecular formula is C28H33FN4O. The molecule has 1 aliphatic carbocycles. The van der Waals surface area contributed by atoms with Crippen LogP contribution in [0.4, 0.5) is 10.1 Å². The summed E-state index contributed by atoms with van der Waals surface area (Å²) in [5, 5.41) is 9.19. The van der Waals surface area contributed by atoms with Crippen molar-refractivity contribution in [3.05, 3.63) is 53.3 Å². The fourth-order valence-corrected chi connectivity index (χ4v) is 6.76. The molecule has 2 atom stereocenters. The number of ether oxygens (including phenoxy) is 1. The maximum atomic E-state index is 14.6. The van der Waals surface area contributed by atoms with E-state index in [2.05, 4.69) is 28.0 Å². The molecule has 6 heteroatoms. The predicted octanol–water partition coefficient (Wildman–Crippen LogP) is 4.44. The zero-order valence-corrected chi connectivity index (χ0v) is 19.7. The Balaban J connectivity index is 1.31. The Bertz CT molecular complexity index is 1130. The number of benzene rings is 2. The molecule has 178 valence electrons. The van der Waals surface area contributed by atoms with E-state index in [1.54, 1.807) is 6.07 Å². The van der Waals surface area contributed by atoms with E-state index in [0.29, 0.717) is 11.5 Å². The van der Waals surface area contributed by atoms with Crippen LogP contribution in [0.1, 0.15) is 49.7 Å². The van der Waals surface area contributed by atoms with Crippen LogP contribution in [0.5, 0.6) is 0 Å². The van der Waals surface area contributed by atoms with Gasteiger partial charge in [-0.15, -0.1) is 0 Å². The standard InChI is InChI=1S/C28H33FN4O/c29-25-14-21(2-3-22(25)16-30)24-13-20(17-33-18-28(31)6-5-23(33)15-28)1-4-26(24)32-10-7-27(8-11-32)9-12-34-19-27/h1-4,13-14,23H,5-12,15,17-19,31H2/t23-,28-/m0/s1. The van der Waals surface area contributed by atoms with Crippen molar-refractivity contribution >= 4 is 5.69 Å². The van der Waals surface area contributed by atoms with E-state index in [4.69, 9.17) is 10.5 Å². The summed E-state index contributed by atoms with van der Waals surface area (Å²) in [6.07, 6.45) is 6.82. The van der Waals surface area contributed by atoms with Crippen molar-refractivity contribution in [1.29, 1.82) is 5.26 Å². The summed E-state index contributed by atoms with van der Waals surface area (Å²) < 4.78 is 20.3. The second-order valence-corrected chi connectivity index (χ2v) is 11.1. The molecule has 0 amide bonds. The number of hydrogen-bond acceptors (Lipinski definition) is 5. The van der Waals surface area contributed by atoms with Gasteiger partial charge in [-0.05, 0) is 79.3 Å². The molecule has 2 aromatic rings. The van der Waals surface area contributed by atoms with Crippen LogP contribution in [-0.2, 0) is 11.3 Å². The molecular weight excluding hydrogens is 427 g/mol. The Hall–Kier alpha value is -2.46. The SMILES string of the molecule is N#Cc1ccc(-c2cc(CN3C[C@]4(N)CC[C@H]3C4)ccc2N2CCC3(CCOC3)CC2)cc1F. The van der Waals surface area contributed by atoms with Gasteiger partial charge in [0.05, 0.1) is 12.2 Å². The molecule has 0 radical (unpaired) electrons. The number of piperidine rings is 2. The largest absolute Gasteiger partial charge is 0.381 e. The zero-order chi connectivity index (χ0) is 23.3. The molecule has 5 nitrogen and oxygen atoms in total. The van der Waals surface area contributed by atoms with Gasteiger partial charge < -0.3 is 15.4 Å². The smallest absolute Gasteiger partial charge is 0.141 e. The van der Waals surface area contributed by atoms with E-state index in [-0.39, 0.29) is 11.1 Å². The van der Waals surface area contributed by atoms with Crippen molar-refractivity contribution < 1.29 is 9.13 Å². The van der Waals surface area contributed by atoms with Crippen molar-refractivity contribution in [3.63, 3.8) is 0 Å². The van der Waals surface area contributed by atoms with Gasteiger partial charge in [0.25, 0.3) is 0 Å². The molecule has 2 bridgehead atoms. The van der Waals surface area contributed by atoms with Gasteiger partial charge in [-0.3, -0.25) is 4.90 Å². The topological polar surface area (TPSA) is 65.5 Å². The minimum atomic E-state index is -0.459. The summed E-state index contributed by atoms with van der Waals surface area (Å²) in [7, 11) is 0. The van der Waals surface area contributed by atoms with Crippen LogP contribution in [0.2, 0.25) is 0 Å². The molecule has 34 heavy (non-hydrogen) atoms. The summed E-state index contributed by atoms with van der Waals surface area (Å²) in [5.41, 5.74) is 11.2. The number of nitrogens with two attached hydrogens (primary N) is 1. The highest BCUT2D eigenvalue weighted by Crippen LogP contribution is 2.43. The first-order valence-electron chi connectivity index (χ1n) is 12.6. The lowest BCUT2D eigenvalue weighted by Crippen LogP contribution is -2.44. The minimum Gasteiger partial charge on any atom is -0.381 e. The summed E-state index contributed by atoms with van der Waals surface area (Å²) in [6, 6.07) is 14.2. The number of fused-ring (bicyclic) bond motifs is 2. The molecule has 2 N–H and O–H groups in total. The van der Waals surface area contributed by atoms with Crippen molar-refractivity contribution in [2.24, 2.45) is 11.1 Å². The van der Waals surface area contributed by atoms with Crippen molar-refractivity contribution in [2.75, 3.05) is 37.7 Å². The molecule has 4 aliphatic rings. The van der Waals surface area contributed by atoms with E-state index in [1.807, 2.05) is 12.1 Å². The van der Waals surface area contributed by atoms with Gasteiger partial charge in [0.2, 0.25) is 0 Å². The van der Waals surface area contributed by atoms with E-state index >= 15 is 0 Å². The number of nitrogens with zero attached hydrogens (tertiary/aromatic N) is 3. The van der Waals surface area contributed by atoms with Crippen LogP contribution in [0.15, 0.2) is 36.4 Å². The average Bonchev–Trinajstić information content (AvgIpc) is 3.54. The Morgan fingerprint density at radius 3 is 2.62 bits per heavy atom. The quantitative estimate of drug-likeness (QED) is 0.731. The van der Waals surface area contributed by atoms with Crippen LogP contribution >= 0.6 is 0 Å². The van der Waals surface area contributed by atoms with Gasteiger partial charge in [0.15, 0.2) is 0 Å². The number of rotatable bonds is 4. The lowest BCUT2D eigenvalue weighted by molar-refractivity contribution is 0.134. The number of likely N-dealkylation sites (tertiary alicyclic amines) is 1. The maximum absolute atomic E-state index is 14.6. The lowest BCUT2D eigenvalue weighted by Gasteiger charge is -2.40. The Morgan fingerprint density at radius 2 is 1.97 bits per heavy atom. The highest BCUT2D eigenvalue weighted by Gasteiger charge is 2.46. The van der Waals surface area contributed by atoms with Gasteiger partial charge in [-0.2, -0.15) is 5.26 Å². The Labute approximate surface area is 201 Å². The predicted molar refractivity (Wildman–Crippen MR) is 131 cm³/mol. The summed E-state index contributed by atoms with van der Waals surface area (Å²) in [5.74, 6) is -0.459. The van der Waals surface area contributed by atoms with Crippen molar-refractivity contribution in [2.45, 2.75) is 56.7 Å². The van der Waals surface area contributed by atoms with Crippen LogP contribution < -0.4 is 10.6 Å². The second kappa shape index (κ2) is 8.34. The molecule has 4 fully saturated rings. The first-order chi connectivity index (χ1) is 16.5. The highest BCUT2D eigenvalue weighted by molar-refractivity contribution is 5.80. The number of hydrogen-bond donors (Lipinski definition) is 1. The first kappa shape index (κ1) is 22.0. The van der Waals surface area contributed by atoms with Crippen molar-refractivity contribution in [3.8, 4) is 17.2 Å². The summed E-state index contributed by atoms with van der Waals surface area (Å²) in [4.78, 5) is 4.97. The third kappa shape index (κ3) is 3.90. The number of anilines is 1. The van der Waals surface area contributed by atoms with Crippen molar-refractivity contribution in [1.82, 2.24) is 4.90 Å². The minimum absolute atomic E-state index is 0.0165. The van der Waals surface area contributed by atoms with E-state index in [0.717, 1.165) is 88.3 Å². The van der Waals surface area contributed by atoms with E-state index < -0.39 is 5.82 Å². The molecule has 3 aliphatic heterocycles. The monoisotopic (exact) mass is 460 g/mol. The van der Waals surface area contributed by atoms with Gasteiger partial charge in [-0.25, -0.2) is 4.39 Å².